The number of hydrogen-bond acceptors (Lipinski definition) is 5. The number of benzene rings is 4. The summed E-state index contributed by atoms with van der Waals surface area (Å²) in [6.07, 6.45) is 1.74. The average molecular weight is 506 g/mol. The van der Waals surface area contributed by atoms with Gasteiger partial charge in [-0.2, -0.15) is 0 Å². The van der Waals surface area contributed by atoms with Gasteiger partial charge in [0.1, 0.15) is 12.4 Å². The van der Waals surface area contributed by atoms with Gasteiger partial charge in [0, 0.05) is 28.8 Å². The molecule has 1 spiro atoms. The summed E-state index contributed by atoms with van der Waals surface area (Å²) in [4.78, 5) is 28.2. The van der Waals surface area contributed by atoms with Crippen molar-refractivity contribution in [2.24, 2.45) is 0 Å². The molecule has 7 rings (SSSR count). The number of rotatable bonds is 5. The summed E-state index contributed by atoms with van der Waals surface area (Å²) in [6.45, 7) is 1.09. The minimum Gasteiger partial charge on any atom is -0.489 e. The summed E-state index contributed by atoms with van der Waals surface area (Å²) in [5.41, 5.74) is 2.07. The van der Waals surface area contributed by atoms with E-state index in [9.17, 15) is 14.9 Å². The van der Waals surface area contributed by atoms with Crippen LogP contribution in [-0.4, -0.2) is 34.4 Å². The number of ether oxygens (including phenoxy) is 1. The molecule has 0 aliphatic carbocycles. The third-order valence-electron chi connectivity index (χ3n) is 8.63. The van der Waals surface area contributed by atoms with E-state index in [2.05, 4.69) is 34.5 Å². The zero-order chi connectivity index (χ0) is 25.9. The van der Waals surface area contributed by atoms with E-state index in [1.807, 2.05) is 66.7 Å². The maximum absolute atomic E-state index is 13.6. The number of fused-ring (bicyclic) bond motifs is 5. The first-order valence-electron chi connectivity index (χ1n) is 13.1. The quantitative estimate of drug-likeness (QED) is 0.287. The molecular weight excluding hydrogens is 478 g/mol. The van der Waals surface area contributed by atoms with Crippen molar-refractivity contribution >= 4 is 22.4 Å². The van der Waals surface area contributed by atoms with Crippen LogP contribution in [0.25, 0.3) is 10.8 Å². The minimum absolute atomic E-state index is 0.0789. The lowest BCUT2D eigenvalue weighted by atomic mass is 9.77. The first-order valence-corrected chi connectivity index (χ1v) is 13.1. The van der Waals surface area contributed by atoms with Gasteiger partial charge in [-0.3, -0.25) is 19.8 Å². The second kappa shape index (κ2) is 8.67. The summed E-state index contributed by atoms with van der Waals surface area (Å²) in [6, 6.07) is 28.3. The highest BCUT2D eigenvalue weighted by atomic mass is 16.6. The van der Waals surface area contributed by atoms with E-state index < -0.39 is 17.5 Å². The predicted octanol–water partition coefficient (Wildman–Crippen LogP) is 5.47. The molecule has 7 nitrogen and oxygen atoms in total. The van der Waals surface area contributed by atoms with Crippen molar-refractivity contribution in [1.29, 1.82) is 0 Å². The number of amides is 1. The lowest BCUT2D eigenvalue weighted by Crippen LogP contribution is -2.55. The number of nitrogens with zero attached hydrogens (tertiary/aromatic N) is 2. The molecule has 3 heterocycles. The van der Waals surface area contributed by atoms with Crippen LogP contribution in [0.4, 0.5) is 5.69 Å². The summed E-state index contributed by atoms with van der Waals surface area (Å²) < 4.78 is 6.13. The first kappa shape index (κ1) is 22.9. The van der Waals surface area contributed by atoms with E-state index in [-0.39, 0.29) is 16.9 Å². The molecule has 0 saturated carbocycles. The fraction of sp³-hybridized carbons (Fsp3) is 0.258. The molecule has 4 aromatic carbocycles. The maximum atomic E-state index is 13.6. The van der Waals surface area contributed by atoms with Crippen LogP contribution in [0.2, 0.25) is 0 Å². The molecule has 4 aromatic rings. The van der Waals surface area contributed by atoms with Crippen molar-refractivity contribution in [3.05, 3.63) is 118 Å². The van der Waals surface area contributed by atoms with Gasteiger partial charge >= 0.3 is 0 Å². The molecule has 3 aliphatic rings. The van der Waals surface area contributed by atoms with Crippen molar-refractivity contribution in [2.45, 2.75) is 43.0 Å². The Morgan fingerprint density at radius 1 is 0.974 bits per heavy atom. The van der Waals surface area contributed by atoms with E-state index in [1.54, 1.807) is 0 Å². The fourth-order valence-electron chi connectivity index (χ4n) is 7.14. The van der Waals surface area contributed by atoms with Gasteiger partial charge in [0.05, 0.1) is 5.92 Å². The summed E-state index contributed by atoms with van der Waals surface area (Å²) in [7, 11) is 0. The number of nitro groups is 1. The molecule has 3 aliphatic heterocycles. The van der Waals surface area contributed by atoms with Crippen LogP contribution in [-0.2, 0) is 16.9 Å². The molecule has 2 saturated heterocycles. The Labute approximate surface area is 220 Å². The molecule has 7 heteroatoms. The van der Waals surface area contributed by atoms with Gasteiger partial charge in [-0.1, -0.05) is 72.8 Å². The molecular formula is C31H27N3O4. The Bertz CT molecular complexity index is 1560. The van der Waals surface area contributed by atoms with Crippen LogP contribution in [0, 0.1) is 10.1 Å². The summed E-state index contributed by atoms with van der Waals surface area (Å²) in [5.74, 6) is 0.0145. The molecule has 4 atom stereocenters. The van der Waals surface area contributed by atoms with E-state index in [0.29, 0.717) is 24.6 Å². The van der Waals surface area contributed by atoms with E-state index in [0.717, 1.165) is 34.9 Å². The minimum atomic E-state index is -1.30. The van der Waals surface area contributed by atoms with Crippen LogP contribution in [0.3, 0.4) is 0 Å². The van der Waals surface area contributed by atoms with Gasteiger partial charge < -0.3 is 10.1 Å². The van der Waals surface area contributed by atoms with Crippen molar-refractivity contribution in [2.75, 3.05) is 11.9 Å². The SMILES string of the molecule is O=C1Nc2ccccc2[C@]12[C@H]([N+](=O)[O-])[C@H](c1ccc(OCc3cccc4ccccc34)cc1)[C@H]1CCCN12. The molecule has 38 heavy (non-hydrogen) atoms. The van der Waals surface area contributed by atoms with Gasteiger partial charge in [-0.05, 0) is 52.9 Å². The Hall–Kier alpha value is -4.23. The maximum Gasteiger partial charge on any atom is 0.256 e. The Morgan fingerprint density at radius 2 is 1.74 bits per heavy atom. The van der Waals surface area contributed by atoms with Crippen LogP contribution >= 0.6 is 0 Å². The number of nitrogens with one attached hydrogen (secondary N) is 1. The summed E-state index contributed by atoms with van der Waals surface area (Å²) >= 11 is 0. The number of anilines is 1. The van der Waals surface area contributed by atoms with Gasteiger partial charge in [0.2, 0.25) is 0 Å². The molecule has 190 valence electrons. The molecule has 0 bridgehead atoms. The van der Waals surface area contributed by atoms with Gasteiger partial charge in [0.15, 0.2) is 5.54 Å². The second-order valence-electron chi connectivity index (χ2n) is 10.4. The standard InChI is InChI=1S/C31H27N3O4/c35-30-31(25-11-3-4-12-26(25)32-30)29(34(36)37)28(27-13-6-18-33(27)31)21-14-16-23(17-15-21)38-19-22-9-5-8-20-7-1-2-10-24(20)22/h1-5,7-12,14-17,27-29H,6,13,18-19H2,(H,32,35)/t27-,28-,29-,31+/m1/s1. The molecule has 2 fully saturated rings. The Morgan fingerprint density at radius 3 is 2.58 bits per heavy atom. The van der Waals surface area contributed by atoms with Crippen molar-refractivity contribution in [3.63, 3.8) is 0 Å². The number of hydrogen-bond donors (Lipinski definition) is 1. The Balaban J connectivity index is 1.21. The van der Waals surface area contributed by atoms with Crippen molar-refractivity contribution in [1.82, 2.24) is 4.90 Å². The van der Waals surface area contributed by atoms with Gasteiger partial charge in [-0.25, -0.2) is 0 Å². The summed E-state index contributed by atoms with van der Waals surface area (Å²) in [5, 5.41) is 18.0. The lowest BCUT2D eigenvalue weighted by molar-refractivity contribution is -0.534. The first-order chi connectivity index (χ1) is 18.6. The third-order valence-corrected chi connectivity index (χ3v) is 8.63. The largest absolute Gasteiger partial charge is 0.489 e. The van der Waals surface area contributed by atoms with E-state index in [1.165, 1.54) is 5.39 Å². The van der Waals surface area contributed by atoms with Gasteiger partial charge in [-0.15, -0.1) is 0 Å². The van der Waals surface area contributed by atoms with Gasteiger partial charge in [0.25, 0.3) is 11.9 Å². The molecule has 0 radical (unpaired) electrons. The fourth-order valence-corrected chi connectivity index (χ4v) is 7.14. The molecule has 0 aromatic heterocycles. The van der Waals surface area contributed by atoms with Crippen LogP contribution in [0.1, 0.15) is 35.4 Å². The predicted molar refractivity (Wildman–Crippen MR) is 145 cm³/mol. The number of carbonyl (C=O) groups excluding carboxylic acids is 1. The lowest BCUT2D eigenvalue weighted by Gasteiger charge is -2.32. The zero-order valence-corrected chi connectivity index (χ0v) is 20.7. The average Bonchev–Trinajstić information content (AvgIpc) is 3.61. The highest BCUT2D eigenvalue weighted by molar-refractivity contribution is 6.07. The Kier molecular flexibility index (Phi) is 5.23. The normalized spacial score (nSPS) is 25.9. The highest BCUT2D eigenvalue weighted by Gasteiger charge is 2.73. The molecule has 1 N–H and O–H groups in total. The number of para-hydroxylation sites is 1. The van der Waals surface area contributed by atoms with E-state index >= 15 is 0 Å². The third kappa shape index (κ3) is 3.21. The van der Waals surface area contributed by atoms with Crippen molar-refractivity contribution in [3.8, 4) is 5.75 Å². The number of carbonyl (C=O) groups is 1. The van der Waals surface area contributed by atoms with Crippen LogP contribution < -0.4 is 10.1 Å². The van der Waals surface area contributed by atoms with Crippen molar-refractivity contribution < 1.29 is 14.5 Å². The zero-order valence-electron chi connectivity index (χ0n) is 20.7. The molecule has 1 amide bonds. The highest BCUT2D eigenvalue weighted by Crippen LogP contribution is 2.58. The second-order valence-corrected chi connectivity index (χ2v) is 10.4. The van der Waals surface area contributed by atoms with E-state index in [4.69, 9.17) is 4.74 Å². The van der Waals surface area contributed by atoms with Crippen LogP contribution in [0.5, 0.6) is 5.75 Å². The van der Waals surface area contributed by atoms with Crippen LogP contribution in [0.15, 0.2) is 91.0 Å². The topological polar surface area (TPSA) is 84.7 Å². The smallest absolute Gasteiger partial charge is 0.256 e. The monoisotopic (exact) mass is 505 g/mol. The molecule has 0 unspecified atom stereocenters.